The molecule has 2 saturated heterocycles. The predicted octanol–water partition coefficient (Wildman–Crippen LogP) is 2.99. The molecule has 1 unspecified atom stereocenters. The van der Waals surface area contributed by atoms with Crippen molar-refractivity contribution in [2.75, 3.05) is 39.3 Å². The van der Waals surface area contributed by atoms with Gasteiger partial charge in [-0.25, -0.2) is 4.68 Å². The Kier molecular flexibility index (Phi) is 6.62. The molecule has 0 spiro atoms. The normalized spacial score (nSPS) is 18.8. The van der Waals surface area contributed by atoms with Crippen LogP contribution < -0.4 is 0 Å². The van der Waals surface area contributed by atoms with Gasteiger partial charge in [-0.2, -0.15) is 5.10 Å². The zero-order valence-electron chi connectivity index (χ0n) is 18.3. The van der Waals surface area contributed by atoms with Gasteiger partial charge in [0, 0.05) is 39.3 Å². The summed E-state index contributed by atoms with van der Waals surface area (Å²) < 4.78 is 1.61. The van der Waals surface area contributed by atoms with E-state index in [9.17, 15) is 9.59 Å². The third-order valence-electron chi connectivity index (χ3n) is 6.39. The zero-order valence-corrected chi connectivity index (χ0v) is 19.0. The van der Waals surface area contributed by atoms with E-state index in [0.717, 1.165) is 31.6 Å². The molecule has 1 aromatic heterocycles. The highest BCUT2D eigenvalue weighted by molar-refractivity contribution is 6.33. The van der Waals surface area contributed by atoms with Crippen molar-refractivity contribution in [2.24, 2.45) is 0 Å². The Bertz CT molecular complexity index is 931. The molecule has 7 nitrogen and oxygen atoms in total. The number of amides is 2. The number of hydrogen-bond donors (Lipinski definition) is 0. The Morgan fingerprint density at radius 1 is 0.935 bits per heavy atom. The first-order valence-electron chi connectivity index (χ1n) is 11.1. The number of nitrogens with zero attached hydrogens (tertiary/aromatic N) is 5. The molecule has 1 aromatic carbocycles. The van der Waals surface area contributed by atoms with Gasteiger partial charge in [-0.1, -0.05) is 29.8 Å². The maximum atomic E-state index is 13.2. The first kappa shape index (κ1) is 21.8. The number of likely N-dealkylation sites (tertiary alicyclic amines) is 1. The van der Waals surface area contributed by atoms with Crippen LogP contribution in [0.25, 0.3) is 5.69 Å². The highest BCUT2D eigenvalue weighted by Crippen LogP contribution is 2.25. The second-order valence-electron chi connectivity index (χ2n) is 8.39. The number of aryl methyl sites for hydroxylation is 1. The van der Waals surface area contributed by atoms with E-state index in [0.29, 0.717) is 42.6 Å². The maximum Gasteiger partial charge on any atom is 0.258 e. The van der Waals surface area contributed by atoms with Crippen LogP contribution in [-0.4, -0.2) is 81.6 Å². The summed E-state index contributed by atoms with van der Waals surface area (Å²) in [6.45, 7) is 8.03. The number of piperazine rings is 1. The van der Waals surface area contributed by atoms with Crippen LogP contribution in [-0.2, 0) is 4.79 Å². The van der Waals surface area contributed by atoms with Gasteiger partial charge >= 0.3 is 0 Å². The summed E-state index contributed by atoms with van der Waals surface area (Å²) in [6, 6.07) is 9.42. The summed E-state index contributed by atoms with van der Waals surface area (Å²) in [5.74, 6) is 0.113. The van der Waals surface area contributed by atoms with Crippen molar-refractivity contribution in [3.05, 3.63) is 46.7 Å². The summed E-state index contributed by atoms with van der Waals surface area (Å²) in [7, 11) is 0. The molecule has 2 aromatic rings. The molecule has 0 saturated carbocycles. The van der Waals surface area contributed by atoms with Crippen LogP contribution in [0.5, 0.6) is 0 Å². The number of aromatic nitrogens is 2. The molecule has 166 valence electrons. The average Bonchev–Trinajstić information content (AvgIpc) is 3.12. The van der Waals surface area contributed by atoms with Gasteiger partial charge in [0.2, 0.25) is 5.91 Å². The monoisotopic (exact) mass is 443 g/mol. The van der Waals surface area contributed by atoms with Crippen molar-refractivity contribution in [1.29, 1.82) is 0 Å². The second kappa shape index (κ2) is 9.40. The van der Waals surface area contributed by atoms with E-state index in [1.807, 2.05) is 54.0 Å². The number of carbonyl (C=O) groups is 2. The fourth-order valence-electron chi connectivity index (χ4n) is 4.49. The van der Waals surface area contributed by atoms with Crippen molar-refractivity contribution in [2.45, 2.75) is 39.2 Å². The van der Waals surface area contributed by atoms with E-state index in [2.05, 4.69) is 10.00 Å². The van der Waals surface area contributed by atoms with E-state index in [1.165, 1.54) is 6.42 Å². The standard InChI is InChI=1S/C23H30ClN5O2/c1-17-20(21(24)29(25-17)19-9-5-3-6-10-19)23(31)28-15-13-26(14-16-28)18(2)22(30)27-11-7-4-8-12-27/h3,5-6,9-10,18H,4,7-8,11-16H2,1-2H3. The number of para-hydroxylation sites is 1. The lowest BCUT2D eigenvalue weighted by atomic mass is 10.1. The molecule has 3 heterocycles. The number of halogens is 1. The molecule has 4 rings (SSSR count). The molecular formula is C23H30ClN5O2. The SMILES string of the molecule is Cc1nn(-c2ccccc2)c(Cl)c1C(=O)N1CCN(C(C)C(=O)N2CCCCC2)CC1. The second-order valence-corrected chi connectivity index (χ2v) is 8.75. The minimum atomic E-state index is -0.151. The summed E-state index contributed by atoms with van der Waals surface area (Å²) in [6.07, 6.45) is 3.40. The van der Waals surface area contributed by atoms with E-state index in [4.69, 9.17) is 11.6 Å². The van der Waals surface area contributed by atoms with Gasteiger partial charge in [0.15, 0.2) is 0 Å². The van der Waals surface area contributed by atoms with Gasteiger partial charge < -0.3 is 9.80 Å². The van der Waals surface area contributed by atoms with Gasteiger partial charge in [0.05, 0.1) is 23.0 Å². The molecule has 8 heteroatoms. The average molecular weight is 444 g/mol. The smallest absolute Gasteiger partial charge is 0.258 e. The minimum Gasteiger partial charge on any atom is -0.341 e. The number of carbonyl (C=O) groups excluding carboxylic acids is 2. The molecule has 2 fully saturated rings. The number of benzene rings is 1. The van der Waals surface area contributed by atoms with Crippen LogP contribution >= 0.6 is 11.6 Å². The largest absolute Gasteiger partial charge is 0.341 e. The van der Waals surface area contributed by atoms with Crippen molar-refractivity contribution in [3.63, 3.8) is 0 Å². The molecule has 2 aliphatic rings. The van der Waals surface area contributed by atoms with Crippen molar-refractivity contribution in [3.8, 4) is 5.69 Å². The van der Waals surface area contributed by atoms with Crippen molar-refractivity contribution < 1.29 is 9.59 Å². The molecule has 1 atom stereocenters. The predicted molar refractivity (Wildman–Crippen MR) is 121 cm³/mol. The van der Waals surface area contributed by atoms with Gasteiger partial charge in [0.25, 0.3) is 5.91 Å². The summed E-state index contributed by atoms with van der Waals surface area (Å²) >= 11 is 6.58. The lowest BCUT2D eigenvalue weighted by Gasteiger charge is -2.39. The fraction of sp³-hybridized carbons (Fsp3) is 0.522. The first-order valence-corrected chi connectivity index (χ1v) is 11.5. The molecule has 0 aliphatic carbocycles. The molecule has 0 N–H and O–H groups in total. The summed E-state index contributed by atoms with van der Waals surface area (Å²) in [5.41, 5.74) is 1.90. The highest BCUT2D eigenvalue weighted by atomic mass is 35.5. The molecule has 0 bridgehead atoms. The number of piperidine rings is 1. The fourth-order valence-corrected chi connectivity index (χ4v) is 4.84. The molecule has 2 aliphatic heterocycles. The van der Waals surface area contributed by atoms with Crippen LogP contribution in [0.15, 0.2) is 30.3 Å². The number of hydrogen-bond acceptors (Lipinski definition) is 4. The lowest BCUT2D eigenvalue weighted by Crippen LogP contribution is -2.56. The zero-order chi connectivity index (χ0) is 22.0. The molecule has 2 amide bonds. The third kappa shape index (κ3) is 4.48. The Morgan fingerprint density at radius 2 is 1.58 bits per heavy atom. The lowest BCUT2D eigenvalue weighted by molar-refractivity contribution is -0.137. The van der Waals surface area contributed by atoms with Gasteiger partial charge in [-0.15, -0.1) is 0 Å². The summed E-state index contributed by atoms with van der Waals surface area (Å²) in [5, 5.41) is 4.83. The van der Waals surface area contributed by atoms with Crippen LogP contribution in [0.4, 0.5) is 0 Å². The van der Waals surface area contributed by atoms with Crippen LogP contribution in [0.1, 0.15) is 42.2 Å². The van der Waals surface area contributed by atoms with Crippen molar-refractivity contribution in [1.82, 2.24) is 24.5 Å². The van der Waals surface area contributed by atoms with Crippen molar-refractivity contribution >= 4 is 23.4 Å². The Balaban J connectivity index is 1.41. The van der Waals surface area contributed by atoms with Crippen LogP contribution in [0, 0.1) is 6.92 Å². The Labute approximate surface area is 188 Å². The molecule has 0 radical (unpaired) electrons. The van der Waals surface area contributed by atoms with Gasteiger partial charge in [-0.3, -0.25) is 14.5 Å². The first-order chi connectivity index (χ1) is 15.0. The Morgan fingerprint density at radius 3 is 2.23 bits per heavy atom. The van der Waals surface area contributed by atoms with Crippen LogP contribution in [0.3, 0.4) is 0 Å². The van der Waals surface area contributed by atoms with E-state index < -0.39 is 0 Å². The molecule has 31 heavy (non-hydrogen) atoms. The van der Waals surface area contributed by atoms with Crippen LogP contribution in [0.2, 0.25) is 5.15 Å². The highest BCUT2D eigenvalue weighted by Gasteiger charge is 2.32. The van der Waals surface area contributed by atoms with Gasteiger partial charge in [-0.05, 0) is 45.2 Å². The maximum absolute atomic E-state index is 13.2. The number of rotatable bonds is 4. The topological polar surface area (TPSA) is 61.7 Å². The third-order valence-corrected chi connectivity index (χ3v) is 6.74. The minimum absolute atomic E-state index is 0.0978. The van der Waals surface area contributed by atoms with Gasteiger partial charge in [0.1, 0.15) is 5.15 Å². The van der Waals surface area contributed by atoms with E-state index >= 15 is 0 Å². The van der Waals surface area contributed by atoms with E-state index in [1.54, 1.807) is 4.68 Å². The quantitative estimate of drug-likeness (QED) is 0.728. The van der Waals surface area contributed by atoms with E-state index in [-0.39, 0.29) is 17.9 Å². The summed E-state index contributed by atoms with van der Waals surface area (Å²) in [4.78, 5) is 32.1. The Hall–Kier alpha value is -2.38. The molecular weight excluding hydrogens is 414 g/mol.